The maximum atomic E-state index is 13.1. The molecule has 4 rings (SSSR count). The van der Waals surface area contributed by atoms with Gasteiger partial charge in [-0.05, 0) is 24.3 Å². The minimum atomic E-state index is -0.768. The smallest absolute Gasteiger partial charge is 0.295 e. The van der Waals surface area contributed by atoms with Gasteiger partial charge >= 0.3 is 0 Å². The van der Waals surface area contributed by atoms with Crippen LogP contribution >= 0.6 is 23.2 Å². The first-order valence-corrected chi connectivity index (χ1v) is 10.4. The van der Waals surface area contributed by atoms with Crippen molar-refractivity contribution in [2.24, 2.45) is 7.05 Å². The maximum absolute atomic E-state index is 13.1. The van der Waals surface area contributed by atoms with Crippen molar-refractivity contribution in [3.8, 4) is 0 Å². The summed E-state index contributed by atoms with van der Waals surface area (Å²) in [7, 11) is 3.42. The second-order valence-corrected chi connectivity index (χ2v) is 8.14. The number of ether oxygens (including phenoxy) is 1. The molecule has 6 nitrogen and oxygen atoms in total. The lowest BCUT2D eigenvalue weighted by atomic mass is 9.95. The Kier molecular flexibility index (Phi) is 5.79. The van der Waals surface area contributed by atoms with E-state index < -0.39 is 17.7 Å². The zero-order valence-electron chi connectivity index (χ0n) is 16.9. The van der Waals surface area contributed by atoms with Crippen LogP contribution in [0.25, 0.3) is 16.7 Å². The first kappa shape index (κ1) is 21.4. The van der Waals surface area contributed by atoms with Crippen LogP contribution in [-0.4, -0.2) is 46.5 Å². The normalized spacial score (nSPS) is 18.3. The molecule has 31 heavy (non-hydrogen) atoms. The molecule has 0 radical (unpaired) electrons. The maximum Gasteiger partial charge on any atom is 0.295 e. The van der Waals surface area contributed by atoms with E-state index in [1.165, 1.54) is 24.1 Å². The minimum Gasteiger partial charge on any atom is -0.507 e. The number of aromatic nitrogens is 1. The highest BCUT2D eigenvalue weighted by atomic mass is 35.5. The van der Waals surface area contributed by atoms with Gasteiger partial charge in [-0.25, -0.2) is 0 Å². The second-order valence-electron chi connectivity index (χ2n) is 7.33. The molecule has 160 valence electrons. The molecule has 1 unspecified atom stereocenters. The molecule has 2 heterocycles. The number of aliphatic hydroxyl groups excluding tert-OH is 1. The number of aryl methyl sites for hydroxylation is 1. The number of rotatable bonds is 5. The monoisotopic (exact) mass is 458 g/mol. The van der Waals surface area contributed by atoms with Gasteiger partial charge < -0.3 is 19.3 Å². The van der Waals surface area contributed by atoms with Crippen LogP contribution < -0.4 is 0 Å². The fraction of sp³-hybridized carbons (Fsp3) is 0.217. The topological polar surface area (TPSA) is 71.8 Å². The van der Waals surface area contributed by atoms with E-state index in [0.717, 1.165) is 16.5 Å². The van der Waals surface area contributed by atoms with Crippen LogP contribution in [0.4, 0.5) is 0 Å². The third-order valence-corrected chi connectivity index (χ3v) is 6.23. The largest absolute Gasteiger partial charge is 0.507 e. The summed E-state index contributed by atoms with van der Waals surface area (Å²) in [5.74, 6) is -1.73. The van der Waals surface area contributed by atoms with Crippen molar-refractivity contribution in [2.75, 3.05) is 20.3 Å². The van der Waals surface area contributed by atoms with Gasteiger partial charge in [-0.3, -0.25) is 9.59 Å². The summed E-state index contributed by atoms with van der Waals surface area (Å²) in [6.07, 6.45) is 1.88. The number of hydrogen-bond acceptors (Lipinski definition) is 4. The van der Waals surface area contributed by atoms with Crippen LogP contribution in [-0.2, 0) is 21.4 Å². The Balaban J connectivity index is 1.96. The summed E-state index contributed by atoms with van der Waals surface area (Å²) in [5, 5.41) is 12.6. The first-order valence-electron chi connectivity index (χ1n) is 9.62. The van der Waals surface area contributed by atoms with Gasteiger partial charge in [0.15, 0.2) is 0 Å². The Labute approximate surface area is 189 Å². The molecule has 1 aromatic heterocycles. The highest BCUT2D eigenvalue weighted by Gasteiger charge is 2.46. The van der Waals surface area contributed by atoms with Crippen molar-refractivity contribution in [2.45, 2.75) is 6.04 Å². The summed E-state index contributed by atoms with van der Waals surface area (Å²) in [6, 6.07) is 11.5. The van der Waals surface area contributed by atoms with Gasteiger partial charge in [-0.15, -0.1) is 0 Å². The molecule has 8 heteroatoms. The summed E-state index contributed by atoms with van der Waals surface area (Å²) in [4.78, 5) is 27.4. The van der Waals surface area contributed by atoms with Crippen LogP contribution in [0.3, 0.4) is 0 Å². The molecule has 1 saturated heterocycles. The summed E-state index contributed by atoms with van der Waals surface area (Å²) in [5.41, 5.74) is 2.01. The van der Waals surface area contributed by atoms with Gasteiger partial charge in [0.1, 0.15) is 5.76 Å². The number of carbonyl (C=O) groups excluding carboxylic acids is 2. The van der Waals surface area contributed by atoms with Crippen LogP contribution in [0.1, 0.15) is 17.2 Å². The van der Waals surface area contributed by atoms with Crippen LogP contribution in [0, 0.1) is 0 Å². The Morgan fingerprint density at radius 2 is 1.87 bits per heavy atom. The molecular formula is C23H20Cl2N2O4. The van der Waals surface area contributed by atoms with E-state index in [9.17, 15) is 14.7 Å². The average Bonchev–Trinajstić information content (AvgIpc) is 3.22. The van der Waals surface area contributed by atoms with E-state index in [1.807, 2.05) is 42.1 Å². The molecule has 0 bridgehead atoms. The number of hydrogen-bond donors (Lipinski definition) is 1. The van der Waals surface area contributed by atoms with Crippen molar-refractivity contribution < 1.29 is 19.4 Å². The molecule has 0 spiro atoms. The molecule has 0 saturated carbocycles. The standard InChI is InChI=1S/C23H20Cl2N2O4/c1-26-12-15(14-5-3-4-6-18(14)26)20-19(22(29)23(30)27(20)9-10-31-2)21(28)13-7-8-16(24)17(25)11-13/h3-8,11-12,20,28H,9-10H2,1-2H3/b21-19+. The zero-order chi connectivity index (χ0) is 22.3. The van der Waals surface area contributed by atoms with E-state index in [1.54, 1.807) is 6.07 Å². The molecule has 1 aliphatic heterocycles. The molecule has 0 aliphatic carbocycles. The Bertz CT molecular complexity index is 1230. The molecule has 1 fully saturated rings. The number of nitrogens with zero attached hydrogens (tertiary/aromatic N) is 2. The number of amides is 1. The van der Waals surface area contributed by atoms with Gasteiger partial charge in [0.25, 0.3) is 11.7 Å². The van der Waals surface area contributed by atoms with Crippen molar-refractivity contribution in [1.82, 2.24) is 9.47 Å². The van der Waals surface area contributed by atoms with Gasteiger partial charge in [0.05, 0.1) is 28.3 Å². The summed E-state index contributed by atoms with van der Waals surface area (Å²) in [6.45, 7) is 0.453. The highest BCUT2D eigenvalue weighted by molar-refractivity contribution is 6.47. The Hall–Kier alpha value is -2.80. The molecule has 1 amide bonds. The van der Waals surface area contributed by atoms with E-state index in [0.29, 0.717) is 10.6 Å². The molecule has 1 N–H and O–H groups in total. The van der Waals surface area contributed by atoms with Crippen LogP contribution in [0.5, 0.6) is 0 Å². The third kappa shape index (κ3) is 3.61. The van der Waals surface area contributed by atoms with Crippen LogP contribution in [0.2, 0.25) is 10.0 Å². The molecule has 1 aliphatic rings. The highest BCUT2D eigenvalue weighted by Crippen LogP contribution is 2.42. The van der Waals surface area contributed by atoms with Crippen molar-refractivity contribution in [1.29, 1.82) is 0 Å². The number of carbonyl (C=O) groups is 2. The van der Waals surface area contributed by atoms with Gasteiger partial charge in [0.2, 0.25) is 0 Å². The zero-order valence-corrected chi connectivity index (χ0v) is 18.4. The lowest BCUT2D eigenvalue weighted by molar-refractivity contribution is -0.140. The molecular weight excluding hydrogens is 439 g/mol. The number of benzene rings is 2. The lowest BCUT2D eigenvalue weighted by Crippen LogP contribution is -2.32. The van der Waals surface area contributed by atoms with Gasteiger partial charge in [-0.1, -0.05) is 41.4 Å². The number of para-hydroxylation sites is 1. The fourth-order valence-corrected chi connectivity index (χ4v) is 4.31. The number of methoxy groups -OCH3 is 1. The van der Waals surface area contributed by atoms with Crippen molar-refractivity contribution in [3.05, 3.63) is 75.4 Å². The van der Waals surface area contributed by atoms with E-state index in [4.69, 9.17) is 27.9 Å². The van der Waals surface area contributed by atoms with E-state index in [-0.39, 0.29) is 29.5 Å². The number of fused-ring (bicyclic) bond motifs is 1. The molecule has 2 aromatic carbocycles. The Morgan fingerprint density at radius 3 is 2.58 bits per heavy atom. The summed E-state index contributed by atoms with van der Waals surface area (Å²) >= 11 is 12.1. The lowest BCUT2D eigenvalue weighted by Gasteiger charge is -2.24. The fourth-order valence-electron chi connectivity index (χ4n) is 4.01. The van der Waals surface area contributed by atoms with Gasteiger partial charge in [0, 0.05) is 48.9 Å². The average molecular weight is 459 g/mol. The Morgan fingerprint density at radius 1 is 1.13 bits per heavy atom. The number of Topliss-reactive ketones (excluding diaryl/α,β-unsaturated/α-hetero) is 1. The quantitative estimate of drug-likeness (QED) is 0.345. The third-order valence-electron chi connectivity index (χ3n) is 5.49. The van der Waals surface area contributed by atoms with Crippen molar-refractivity contribution >= 4 is 51.6 Å². The summed E-state index contributed by atoms with van der Waals surface area (Å²) < 4.78 is 7.08. The van der Waals surface area contributed by atoms with Crippen LogP contribution in [0.15, 0.2) is 54.2 Å². The second kappa shape index (κ2) is 8.38. The molecule has 3 aromatic rings. The van der Waals surface area contributed by atoms with Crippen molar-refractivity contribution in [3.63, 3.8) is 0 Å². The first-order chi connectivity index (χ1) is 14.8. The van der Waals surface area contributed by atoms with E-state index in [2.05, 4.69) is 0 Å². The SMILES string of the molecule is COCCN1C(=O)C(=O)/C(=C(/O)c2ccc(Cl)c(Cl)c2)C1c1cn(C)c2ccccc12. The predicted octanol–water partition coefficient (Wildman–Crippen LogP) is 4.55. The number of likely N-dealkylation sites (tertiary alicyclic amines) is 1. The van der Waals surface area contributed by atoms with Gasteiger partial charge in [-0.2, -0.15) is 0 Å². The minimum absolute atomic E-state index is 0.0100. The van der Waals surface area contributed by atoms with E-state index >= 15 is 0 Å². The number of ketones is 1. The predicted molar refractivity (Wildman–Crippen MR) is 120 cm³/mol. The number of aliphatic hydroxyl groups is 1. The molecule has 1 atom stereocenters. The number of halogens is 2.